The van der Waals surface area contributed by atoms with Crippen molar-refractivity contribution in [3.8, 4) is 11.5 Å². The predicted octanol–water partition coefficient (Wildman–Crippen LogP) is 4.67. The van der Waals surface area contributed by atoms with Crippen molar-refractivity contribution in [3.05, 3.63) is 75.5 Å². The third-order valence-corrected chi connectivity index (χ3v) is 7.83. The van der Waals surface area contributed by atoms with Crippen molar-refractivity contribution in [2.24, 2.45) is 0 Å². The van der Waals surface area contributed by atoms with Crippen molar-refractivity contribution >= 4 is 27.7 Å². The van der Waals surface area contributed by atoms with Gasteiger partial charge in [-0.05, 0) is 55.0 Å². The van der Waals surface area contributed by atoms with Gasteiger partial charge in [0.2, 0.25) is 21.8 Å². The van der Waals surface area contributed by atoms with Crippen LogP contribution in [0, 0.1) is 0 Å². The molecule has 6 nitrogen and oxygen atoms in total. The molecule has 2 aromatic carbocycles. The highest BCUT2D eigenvalue weighted by atomic mass is 35.5. The topological polar surface area (TPSA) is 76.3 Å². The first-order valence-corrected chi connectivity index (χ1v) is 11.7. The highest BCUT2D eigenvalue weighted by molar-refractivity contribution is 7.93. The monoisotopic (exact) mass is 441 g/mol. The van der Waals surface area contributed by atoms with Gasteiger partial charge in [0.05, 0.1) is 22.0 Å². The lowest BCUT2D eigenvalue weighted by Crippen LogP contribution is -2.34. The highest BCUT2D eigenvalue weighted by Gasteiger charge is 2.40. The van der Waals surface area contributed by atoms with Crippen LogP contribution >= 0.6 is 11.6 Å². The minimum atomic E-state index is -3.62. The summed E-state index contributed by atoms with van der Waals surface area (Å²) in [6.07, 6.45) is 4.70. The number of halogens is 1. The van der Waals surface area contributed by atoms with E-state index < -0.39 is 10.0 Å². The van der Waals surface area contributed by atoms with E-state index in [1.54, 1.807) is 18.2 Å². The van der Waals surface area contributed by atoms with Gasteiger partial charge in [0.25, 0.3) is 0 Å². The number of hydrogen-bond donors (Lipinski definition) is 0. The van der Waals surface area contributed by atoms with Crippen LogP contribution in [0.15, 0.2) is 57.9 Å². The first kappa shape index (κ1) is 19.5. The molecule has 0 aliphatic heterocycles. The lowest BCUT2D eigenvalue weighted by atomic mass is 9.98. The fraction of sp³-hybridized carbons (Fsp3) is 0.273. The average Bonchev–Trinajstić information content (AvgIpc) is 3.49. The van der Waals surface area contributed by atoms with Crippen LogP contribution in [0.4, 0.5) is 0 Å². The number of aromatic nitrogens is 2. The molecule has 0 atom stereocenters. The number of aryl methyl sites for hydroxylation is 1. The zero-order valence-corrected chi connectivity index (χ0v) is 17.7. The SMILES string of the molecule is O=S(=O)(C1=Cc2ccccc2CC1)N(Cc1nnc(-c2ccccc2Cl)o1)C1CC1. The van der Waals surface area contributed by atoms with Crippen molar-refractivity contribution in [2.75, 3.05) is 0 Å². The van der Waals surface area contributed by atoms with E-state index in [0.29, 0.717) is 21.9 Å². The van der Waals surface area contributed by atoms with E-state index in [1.165, 1.54) is 9.87 Å². The molecule has 1 aromatic heterocycles. The molecule has 0 unspecified atom stereocenters. The smallest absolute Gasteiger partial charge is 0.249 e. The fourth-order valence-electron chi connectivity index (χ4n) is 3.73. The Bertz CT molecular complexity index is 1230. The molecule has 0 spiro atoms. The lowest BCUT2D eigenvalue weighted by molar-refractivity contribution is 0.353. The second-order valence-electron chi connectivity index (χ2n) is 7.57. The van der Waals surface area contributed by atoms with Gasteiger partial charge in [0.1, 0.15) is 0 Å². The Morgan fingerprint density at radius 2 is 1.80 bits per heavy atom. The summed E-state index contributed by atoms with van der Waals surface area (Å²) in [4.78, 5) is 0.443. The number of hydrogen-bond acceptors (Lipinski definition) is 5. The second-order valence-corrected chi connectivity index (χ2v) is 9.92. The van der Waals surface area contributed by atoms with Gasteiger partial charge in [-0.1, -0.05) is 48.0 Å². The normalized spacial score (nSPS) is 16.4. The number of sulfonamides is 1. The molecule has 0 radical (unpaired) electrons. The van der Waals surface area contributed by atoms with Gasteiger partial charge in [0.15, 0.2) is 0 Å². The molecule has 2 aliphatic carbocycles. The van der Waals surface area contributed by atoms with Crippen molar-refractivity contribution in [2.45, 2.75) is 38.3 Å². The van der Waals surface area contributed by atoms with Crippen LogP contribution in [0.2, 0.25) is 5.02 Å². The molecule has 0 bridgehead atoms. The number of benzene rings is 2. The summed E-state index contributed by atoms with van der Waals surface area (Å²) in [7, 11) is -3.62. The quantitative estimate of drug-likeness (QED) is 0.555. The van der Waals surface area contributed by atoms with Gasteiger partial charge >= 0.3 is 0 Å². The van der Waals surface area contributed by atoms with Gasteiger partial charge in [-0.15, -0.1) is 10.2 Å². The van der Waals surface area contributed by atoms with Gasteiger partial charge in [-0.3, -0.25) is 0 Å². The van der Waals surface area contributed by atoms with E-state index in [0.717, 1.165) is 24.8 Å². The molecule has 1 fully saturated rings. The molecule has 1 saturated carbocycles. The summed E-state index contributed by atoms with van der Waals surface area (Å²) in [6.45, 7) is 0.0590. The average molecular weight is 442 g/mol. The number of rotatable bonds is 6. The van der Waals surface area contributed by atoms with Crippen LogP contribution in [0.5, 0.6) is 0 Å². The molecule has 154 valence electrons. The summed E-state index contributed by atoms with van der Waals surface area (Å²) >= 11 is 6.21. The molecule has 3 aromatic rings. The zero-order valence-electron chi connectivity index (χ0n) is 16.2. The van der Waals surface area contributed by atoms with Gasteiger partial charge in [-0.25, -0.2) is 8.42 Å². The van der Waals surface area contributed by atoms with E-state index >= 15 is 0 Å². The van der Waals surface area contributed by atoms with Crippen molar-refractivity contribution in [1.82, 2.24) is 14.5 Å². The molecular formula is C22H20ClN3O3S. The Kier molecular flexibility index (Phi) is 4.97. The maximum atomic E-state index is 13.5. The Balaban J connectivity index is 1.43. The minimum absolute atomic E-state index is 0.0243. The van der Waals surface area contributed by atoms with Crippen LogP contribution in [-0.2, 0) is 23.0 Å². The lowest BCUT2D eigenvalue weighted by Gasteiger charge is -2.24. The molecule has 5 rings (SSSR count). The zero-order chi connectivity index (χ0) is 20.7. The van der Waals surface area contributed by atoms with E-state index in [4.69, 9.17) is 16.0 Å². The van der Waals surface area contributed by atoms with Crippen LogP contribution < -0.4 is 0 Å². The Morgan fingerprint density at radius 1 is 1.03 bits per heavy atom. The summed E-state index contributed by atoms with van der Waals surface area (Å²) in [5.74, 6) is 0.548. The summed E-state index contributed by atoms with van der Waals surface area (Å²) < 4.78 is 34.2. The fourth-order valence-corrected chi connectivity index (χ4v) is 5.76. The van der Waals surface area contributed by atoms with Gasteiger partial charge in [0, 0.05) is 6.04 Å². The number of fused-ring (bicyclic) bond motifs is 1. The van der Waals surface area contributed by atoms with Crippen LogP contribution in [-0.4, -0.2) is 29.0 Å². The minimum Gasteiger partial charge on any atom is -0.419 e. The Labute approximate surface area is 180 Å². The van der Waals surface area contributed by atoms with Crippen LogP contribution in [0.3, 0.4) is 0 Å². The van der Waals surface area contributed by atoms with E-state index in [2.05, 4.69) is 10.2 Å². The maximum Gasteiger partial charge on any atom is 0.249 e. The molecular weight excluding hydrogens is 422 g/mol. The van der Waals surface area contributed by atoms with Gasteiger partial charge in [-0.2, -0.15) is 4.31 Å². The second kappa shape index (κ2) is 7.65. The standard InChI is InChI=1S/C22H20ClN3O3S/c23-20-8-4-3-7-19(20)22-25-24-21(29-22)14-26(17-10-11-17)30(27,28)18-12-9-15-5-1-2-6-16(15)13-18/h1-8,13,17H,9-12,14H2. The first-order chi connectivity index (χ1) is 14.5. The van der Waals surface area contributed by atoms with E-state index in [9.17, 15) is 8.42 Å². The Hall–Kier alpha value is -2.48. The van der Waals surface area contributed by atoms with Crippen LogP contribution in [0.1, 0.15) is 36.3 Å². The molecule has 0 saturated heterocycles. The number of allylic oxidation sites excluding steroid dienone is 1. The van der Waals surface area contributed by atoms with E-state index in [-0.39, 0.29) is 24.4 Å². The van der Waals surface area contributed by atoms with E-state index in [1.807, 2.05) is 36.4 Å². The molecule has 0 N–H and O–H groups in total. The molecule has 8 heteroatoms. The molecule has 30 heavy (non-hydrogen) atoms. The third-order valence-electron chi connectivity index (χ3n) is 5.47. The summed E-state index contributed by atoms with van der Waals surface area (Å²) in [5.41, 5.74) is 2.78. The van der Waals surface area contributed by atoms with Gasteiger partial charge < -0.3 is 4.42 Å². The maximum absolute atomic E-state index is 13.5. The highest BCUT2D eigenvalue weighted by Crippen LogP contribution is 2.37. The summed E-state index contributed by atoms with van der Waals surface area (Å²) in [6, 6.07) is 15.1. The largest absolute Gasteiger partial charge is 0.419 e. The molecule has 1 heterocycles. The Morgan fingerprint density at radius 3 is 2.60 bits per heavy atom. The molecule has 0 amide bonds. The van der Waals surface area contributed by atoms with Crippen LogP contribution in [0.25, 0.3) is 17.5 Å². The van der Waals surface area contributed by atoms with Crippen molar-refractivity contribution in [3.63, 3.8) is 0 Å². The number of nitrogens with zero attached hydrogens (tertiary/aromatic N) is 3. The summed E-state index contributed by atoms with van der Waals surface area (Å²) in [5, 5.41) is 8.65. The van der Waals surface area contributed by atoms with Crippen molar-refractivity contribution in [1.29, 1.82) is 0 Å². The third kappa shape index (κ3) is 3.69. The van der Waals surface area contributed by atoms with Crippen molar-refractivity contribution < 1.29 is 12.8 Å². The molecule has 2 aliphatic rings. The predicted molar refractivity (Wildman–Crippen MR) is 115 cm³/mol. The first-order valence-electron chi connectivity index (χ1n) is 9.90.